The van der Waals surface area contributed by atoms with Crippen molar-refractivity contribution < 1.29 is 9.90 Å². The van der Waals surface area contributed by atoms with E-state index in [0.717, 1.165) is 24.4 Å². The van der Waals surface area contributed by atoms with Gasteiger partial charge in [0.15, 0.2) is 0 Å². The Labute approximate surface area is 180 Å². The summed E-state index contributed by atoms with van der Waals surface area (Å²) < 4.78 is 0. The van der Waals surface area contributed by atoms with E-state index in [2.05, 4.69) is 53.8 Å². The molecule has 0 fully saturated rings. The van der Waals surface area contributed by atoms with Crippen LogP contribution in [0.25, 0.3) is 0 Å². The van der Waals surface area contributed by atoms with E-state index >= 15 is 0 Å². The van der Waals surface area contributed by atoms with Gasteiger partial charge in [0.2, 0.25) is 0 Å². The topological polar surface area (TPSA) is 49.3 Å². The number of carboxylic acid groups (broad SMARTS) is 1. The Morgan fingerprint density at radius 1 is 0.897 bits per heavy atom. The van der Waals surface area contributed by atoms with Crippen LogP contribution in [0.15, 0.2) is 54.6 Å². The van der Waals surface area contributed by atoms with Crippen molar-refractivity contribution in [3.63, 3.8) is 0 Å². The highest BCUT2D eigenvalue weighted by atomic mass is 35.5. The molecule has 4 heteroatoms. The molecule has 2 aromatic carbocycles. The number of carbonyl (C=O) groups is 1. The van der Waals surface area contributed by atoms with Gasteiger partial charge in [0.1, 0.15) is 0 Å². The monoisotopic (exact) mass is 415 g/mol. The van der Waals surface area contributed by atoms with E-state index < -0.39 is 5.97 Å². The van der Waals surface area contributed by atoms with Crippen LogP contribution in [-0.2, 0) is 11.2 Å². The van der Waals surface area contributed by atoms with E-state index in [-0.39, 0.29) is 6.42 Å². The lowest BCUT2D eigenvalue weighted by molar-refractivity contribution is -0.136. The summed E-state index contributed by atoms with van der Waals surface area (Å²) in [4.78, 5) is 10.4. The second kappa shape index (κ2) is 14.2. The molecular weight excluding hydrogens is 382 g/mol. The van der Waals surface area contributed by atoms with E-state index in [1.54, 1.807) is 0 Å². The maximum atomic E-state index is 10.4. The summed E-state index contributed by atoms with van der Waals surface area (Å²) in [5, 5.41) is 12.6. The van der Waals surface area contributed by atoms with Gasteiger partial charge in [-0.2, -0.15) is 0 Å². The standard InChI is InChI=1S/C25H34ClNO2/c26-24-15-10-14-23(20-24)22(19-21-11-6-5-7-12-21)13-8-3-1-2-4-9-17-27-18-16-25(28)29/h5-7,10-12,14-15,20,22,27H,1-4,8-9,13,16-19H2,(H,28,29)/t22-/m1/s1. The minimum atomic E-state index is -0.735. The molecule has 0 heterocycles. The Morgan fingerprint density at radius 2 is 1.62 bits per heavy atom. The van der Waals surface area contributed by atoms with Crippen molar-refractivity contribution in [2.45, 2.75) is 63.7 Å². The van der Waals surface area contributed by atoms with E-state index in [9.17, 15) is 4.79 Å². The predicted molar refractivity (Wildman–Crippen MR) is 122 cm³/mol. The first-order valence-electron chi connectivity index (χ1n) is 10.9. The first kappa shape index (κ1) is 23.4. The summed E-state index contributed by atoms with van der Waals surface area (Å²) in [5.41, 5.74) is 2.72. The molecule has 0 aromatic heterocycles. The number of nitrogens with one attached hydrogen (secondary N) is 1. The molecule has 0 amide bonds. The molecule has 2 rings (SSSR count). The molecule has 158 valence electrons. The number of unbranched alkanes of at least 4 members (excludes halogenated alkanes) is 5. The Balaban J connectivity index is 1.66. The van der Waals surface area contributed by atoms with Gasteiger partial charge in [0, 0.05) is 11.6 Å². The van der Waals surface area contributed by atoms with Crippen LogP contribution in [0.1, 0.15) is 68.4 Å². The van der Waals surface area contributed by atoms with Crippen molar-refractivity contribution in [2.24, 2.45) is 0 Å². The molecular formula is C25H34ClNO2. The second-order valence-electron chi connectivity index (χ2n) is 7.75. The highest BCUT2D eigenvalue weighted by molar-refractivity contribution is 6.30. The third-order valence-electron chi connectivity index (χ3n) is 5.32. The third kappa shape index (κ3) is 10.5. The number of benzene rings is 2. The Bertz CT molecular complexity index is 705. The van der Waals surface area contributed by atoms with Crippen LogP contribution in [-0.4, -0.2) is 24.2 Å². The number of rotatable bonds is 15. The van der Waals surface area contributed by atoms with E-state index in [4.69, 9.17) is 16.7 Å². The quantitative estimate of drug-likeness (QED) is 0.328. The van der Waals surface area contributed by atoms with E-state index in [1.165, 1.54) is 49.7 Å². The fraction of sp³-hybridized carbons (Fsp3) is 0.480. The minimum absolute atomic E-state index is 0.205. The van der Waals surface area contributed by atoms with E-state index in [0.29, 0.717) is 12.5 Å². The Morgan fingerprint density at radius 3 is 2.34 bits per heavy atom. The Hall–Kier alpha value is -1.84. The number of hydrogen-bond acceptors (Lipinski definition) is 2. The van der Waals surface area contributed by atoms with Gasteiger partial charge in [0.25, 0.3) is 0 Å². The van der Waals surface area contributed by atoms with Gasteiger partial charge in [0.05, 0.1) is 6.42 Å². The maximum Gasteiger partial charge on any atom is 0.304 e. The molecule has 0 unspecified atom stereocenters. The van der Waals surface area contributed by atoms with Crippen LogP contribution >= 0.6 is 11.6 Å². The SMILES string of the molecule is O=C(O)CCNCCCCCCCC[C@H](Cc1ccccc1)c1cccc(Cl)c1. The first-order valence-corrected chi connectivity index (χ1v) is 11.2. The van der Waals surface area contributed by atoms with Crippen LogP contribution in [0, 0.1) is 0 Å². The molecule has 0 bridgehead atoms. The van der Waals surface area contributed by atoms with Crippen molar-refractivity contribution in [3.8, 4) is 0 Å². The second-order valence-corrected chi connectivity index (χ2v) is 8.18. The molecule has 29 heavy (non-hydrogen) atoms. The van der Waals surface area contributed by atoms with Gasteiger partial charge in [-0.25, -0.2) is 0 Å². The van der Waals surface area contributed by atoms with Crippen LogP contribution in [0.4, 0.5) is 0 Å². The van der Waals surface area contributed by atoms with E-state index in [1.807, 2.05) is 6.07 Å². The van der Waals surface area contributed by atoms with Crippen molar-refractivity contribution >= 4 is 17.6 Å². The third-order valence-corrected chi connectivity index (χ3v) is 5.55. The zero-order valence-electron chi connectivity index (χ0n) is 17.3. The smallest absolute Gasteiger partial charge is 0.304 e. The molecule has 0 aliphatic rings. The van der Waals surface area contributed by atoms with Gasteiger partial charge < -0.3 is 10.4 Å². The summed E-state index contributed by atoms with van der Waals surface area (Å²) in [6, 6.07) is 19.0. The molecule has 0 radical (unpaired) electrons. The number of hydrogen-bond donors (Lipinski definition) is 2. The van der Waals surface area contributed by atoms with Gasteiger partial charge in [-0.1, -0.05) is 86.2 Å². The fourth-order valence-electron chi connectivity index (χ4n) is 3.71. The van der Waals surface area contributed by atoms with Crippen molar-refractivity contribution in [3.05, 3.63) is 70.7 Å². The number of halogens is 1. The number of aliphatic carboxylic acids is 1. The summed E-state index contributed by atoms with van der Waals surface area (Å²) in [6.45, 7) is 1.49. The average Bonchev–Trinajstić information content (AvgIpc) is 2.71. The largest absolute Gasteiger partial charge is 0.481 e. The molecule has 0 saturated heterocycles. The van der Waals surface area contributed by atoms with Crippen molar-refractivity contribution in [1.82, 2.24) is 5.32 Å². The molecule has 0 aliphatic heterocycles. The van der Waals surface area contributed by atoms with Crippen LogP contribution < -0.4 is 5.32 Å². The summed E-state index contributed by atoms with van der Waals surface area (Å²) in [5.74, 6) is -0.227. The lowest BCUT2D eigenvalue weighted by Gasteiger charge is -2.18. The zero-order chi connectivity index (χ0) is 20.7. The highest BCUT2D eigenvalue weighted by Crippen LogP contribution is 2.28. The summed E-state index contributed by atoms with van der Waals surface area (Å²) in [6.07, 6.45) is 9.80. The molecule has 2 N–H and O–H groups in total. The first-order chi connectivity index (χ1) is 14.1. The molecule has 2 aromatic rings. The number of carboxylic acids is 1. The summed E-state index contributed by atoms with van der Waals surface area (Å²) in [7, 11) is 0. The van der Waals surface area contributed by atoms with Gasteiger partial charge in [-0.15, -0.1) is 0 Å². The van der Waals surface area contributed by atoms with Crippen LogP contribution in [0.5, 0.6) is 0 Å². The maximum absolute atomic E-state index is 10.4. The highest BCUT2D eigenvalue weighted by Gasteiger charge is 2.13. The van der Waals surface area contributed by atoms with Gasteiger partial charge in [-0.05, 0) is 55.0 Å². The van der Waals surface area contributed by atoms with Crippen molar-refractivity contribution in [1.29, 1.82) is 0 Å². The normalized spacial score (nSPS) is 12.0. The lowest BCUT2D eigenvalue weighted by Crippen LogP contribution is -2.19. The molecule has 1 atom stereocenters. The van der Waals surface area contributed by atoms with Crippen LogP contribution in [0.2, 0.25) is 5.02 Å². The zero-order valence-corrected chi connectivity index (χ0v) is 18.0. The molecule has 0 spiro atoms. The Kier molecular flexibility index (Phi) is 11.5. The molecule has 0 saturated carbocycles. The fourth-order valence-corrected chi connectivity index (χ4v) is 3.91. The molecule has 0 aliphatic carbocycles. The summed E-state index contributed by atoms with van der Waals surface area (Å²) >= 11 is 6.24. The van der Waals surface area contributed by atoms with Crippen molar-refractivity contribution in [2.75, 3.05) is 13.1 Å². The predicted octanol–water partition coefficient (Wildman–Crippen LogP) is 6.46. The van der Waals surface area contributed by atoms with Gasteiger partial charge in [-0.3, -0.25) is 4.79 Å². The molecule has 3 nitrogen and oxygen atoms in total. The van der Waals surface area contributed by atoms with Gasteiger partial charge >= 0.3 is 5.97 Å². The lowest BCUT2D eigenvalue weighted by atomic mass is 9.87. The van der Waals surface area contributed by atoms with Crippen LogP contribution in [0.3, 0.4) is 0 Å². The average molecular weight is 416 g/mol. The minimum Gasteiger partial charge on any atom is -0.481 e.